The first-order valence-electron chi connectivity index (χ1n) is 5.34. The van der Waals surface area contributed by atoms with Crippen LogP contribution >= 0.6 is 0 Å². The van der Waals surface area contributed by atoms with Crippen LogP contribution in [-0.4, -0.2) is 4.92 Å². The third-order valence-corrected chi connectivity index (χ3v) is 2.52. The first-order valence-corrected chi connectivity index (χ1v) is 5.34. The van der Waals surface area contributed by atoms with Gasteiger partial charge in [0.05, 0.1) is 4.92 Å². The van der Waals surface area contributed by atoms with Crippen molar-refractivity contribution in [3.8, 4) is 0 Å². The van der Waals surface area contributed by atoms with E-state index in [2.05, 4.69) is 4.57 Å². The van der Waals surface area contributed by atoms with E-state index in [9.17, 15) is 10.1 Å². The van der Waals surface area contributed by atoms with Gasteiger partial charge in [-0.25, -0.2) is 4.57 Å². The van der Waals surface area contributed by atoms with E-state index in [1.165, 1.54) is 17.7 Å². The number of pyridine rings is 1. The highest BCUT2D eigenvalue weighted by Gasteiger charge is 2.06. The average molecular weight is 229 g/mol. The molecule has 0 saturated carbocycles. The second-order valence-electron chi connectivity index (χ2n) is 3.98. The molecule has 0 bridgehead atoms. The van der Waals surface area contributed by atoms with E-state index in [4.69, 9.17) is 0 Å². The Kier molecular flexibility index (Phi) is 3.14. The van der Waals surface area contributed by atoms with Crippen LogP contribution in [0, 0.1) is 17.0 Å². The van der Waals surface area contributed by atoms with Gasteiger partial charge in [0, 0.05) is 29.3 Å². The van der Waals surface area contributed by atoms with Crippen LogP contribution in [0.3, 0.4) is 0 Å². The lowest BCUT2D eigenvalue weighted by molar-refractivity contribution is -0.688. The van der Waals surface area contributed by atoms with Crippen molar-refractivity contribution in [2.75, 3.05) is 0 Å². The maximum Gasteiger partial charge on any atom is 0.269 e. The number of hydrogen-bond donors (Lipinski definition) is 0. The summed E-state index contributed by atoms with van der Waals surface area (Å²) in [5.74, 6) is 0. The molecule has 0 aliphatic carbocycles. The topological polar surface area (TPSA) is 47.0 Å². The van der Waals surface area contributed by atoms with Crippen LogP contribution in [0.1, 0.15) is 11.1 Å². The van der Waals surface area contributed by atoms with Crippen molar-refractivity contribution in [2.45, 2.75) is 13.5 Å². The molecule has 0 spiro atoms. The Hall–Kier alpha value is -2.23. The predicted octanol–water partition coefficient (Wildman–Crippen LogP) is 2.24. The van der Waals surface area contributed by atoms with Crippen LogP contribution in [0.25, 0.3) is 0 Å². The van der Waals surface area contributed by atoms with Crippen molar-refractivity contribution < 1.29 is 9.49 Å². The number of hydrogen-bond acceptors (Lipinski definition) is 2. The molecule has 2 aromatic rings. The van der Waals surface area contributed by atoms with Gasteiger partial charge < -0.3 is 0 Å². The van der Waals surface area contributed by atoms with Crippen molar-refractivity contribution in [3.05, 3.63) is 70.0 Å². The summed E-state index contributed by atoms with van der Waals surface area (Å²) in [6, 6.07) is 10.7. The van der Waals surface area contributed by atoms with E-state index in [-0.39, 0.29) is 10.6 Å². The summed E-state index contributed by atoms with van der Waals surface area (Å²) >= 11 is 0. The minimum Gasteiger partial charge on any atom is -0.258 e. The molecule has 0 radical (unpaired) electrons. The van der Waals surface area contributed by atoms with Crippen LogP contribution in [0.15, 0.2) is 48.8 Å². The Morgan fingerprint density at radius 1 is 1.24 bits per heavy atom. The summed E-state index contributed by atoms with van der Waals surface area (Å²) in [6.45, 7) is 2.76. The monoisotopic (exact) mass is 229 g/mol. The number of rotatable bonds is 3. The molecule has 17 heavy (non-hydrogen) atoms. The minimum atomic E-state index is -0.385. The zero-order valence-corrected chi connectivity index (χ0v) is 9.54. The van der Waals surface area contributed by atoms with Crippen LogP contribution in [-0.2, 0) is 6.54 Å². The molecule has 4 nitrogen and oxygen atoms in total. The van der Waals surface area contributed by atoms with Gasteiger partial charge in [-0.3, -0.25) is 10.1 Å². The second-order valence-corrected chi connectivity index (χ2v) is 3.98. The second kappa shape index (κ2) is 4.74. The standard InChI is InChI=1S/C13H13N2O2/c1-11-3-2-8-14(9-11)10-12-4-6-13(7-5-12)15(16)17/h2-9H,10H2,1H3/q+1. The summed E-state index contributed by atoms with van der Waals surface area (Å²) in [5.41, 5.74) is 2.36. The Bertz CT molecular complexity index is 535. The van der Waals surface area contributed by atoms with E-state index < -0.39 is 0 Å². The van der Waals surface area contributed by atoms with Gasteiger partial charge in [-0.2, -0.15) is 0 Å². The quantitative estimate of drug-likeness (QED) is 0.460. The van der Waals surface area contributed by atoms with Gasteiger partial charge in [-0.1, -0.05) is 0 Å². The molecule has 4 heteroatoms. The van der Waals surface area contributed by atoms with Crippen molar-refractivity contribution in [1.29, 1.82) is 0 Å². The number of nitro groups is 1. The van der Waals surface area contributed by atoms with Crippen molar-refractivity contribution >= 4 is 5.69 Å². The molecular weight excluding hydrogens is 216 g/mol. The molecule has 0 amide bonds. The van der Waals surface area contributed by atoms with Gasteiger partial charge in [0.25, 0.3) is 5.69 Å². The van der Waals surface area contributed by atoms with Crippen LogP contribution in [0.5, 0.6) is 0 Å². The molecule has 0 atom stereocenters. The number of nitro benzene ring substituents is 1. The Morgan fingerprint density at radius 2 is 1.94 bits per heavy atom. The van der Waals surface area contributed by atoms with Gasteiger partial charge >= 0.3 is 0 Å². The van der Waals surface area contributed by atoms with Gasteiger partial charge in [0.15, 0.2) is 18.9 Å². The highest BCUT2D eigenvalue weighted by Crippen LogP contribution is 2.11. The summed E-state index contributed by atoms with van der Waals surface area (Å²) in [4.78, 5) is 10.1. The summed E-state index contributed by atoms with van der Waals surface area (Å²) in [5, 5.41) is 10.5. The lowest BCUT2D eigenvalue weighted by atomic mass is 10.2. The lowest BCUT2D eigenvalue weighted by Gasteiger charge is -1.98. The number of benzene rings is 1. The SMILES string of the molecule is Cc1ccc[n+](Cc2ccc([N+](=O)[O-])cc2)c1. The van der Waals surface area contributed by atoms with Crippen molar-refractivity contribution in [1.82, 2.24) is 0 Å². The maximum atomic E-state index is 10.5. The van der Waals surface area contributed by atoms with E-state index in [1.54, 1.807) is 12.1 Å². The van der Waals surface area contributed by atoms with Gasteiger partial charge in [-0.05, 0) is 25.1 Å². The summed E-state index contributed by atoms with van der Waals surface area (Å²) in [7, 11) is 0. The Balaban J connectivity index is 2.16. The Morgan fingerprint density at radius 3 is 2.53 bits per heavy atom. The third kappa shape index (κ3) is 2.87. The number of aromatic nitrogens is 1. The van der Waals surface area contributed by atoms with E-state index in [0.29, 0.717) is 0 Å². The first-order chi connectivity index (χ1) is 8.15. The number of non-ortho nitro benzene ring substituents is 1. The predicted molar refractivity (Wildman–Crippen MR) is 63.6 cm³/mol. The minimum absolute atomic E-state index is 0.128. The van der Waals surface area contributed by atoms with E-state index in [1.807, 2.05) is 31.5 Å². The van der Waals surface area contributed by atoms with E-state index >= 15 is 0 Å². The van der Waals surface area contributed by atoms with E-state index in [0.717, 1.165) is 12.1 Å². The average Bonchev–Trinajstić information content (AvgIpc) is 2.29. The maximum absolute atomic E-state index is 10.5. The van der Waals surface area contributed by atoms with Crippen LogP contribution in [0.4, 0.5) is 5.69 Å². The zero-order chi connectivity index (χ0) is 12.3. The van der Waals surface area contributed by atoms with Crippen molar-refractivity contribution in [2.24, 2.45) is 0 Å². The smallest absolute Gasteiger partial charge is 0.258 e. The lowest BCUT2D eigenvalue weighted by Crippen LogP contribution is -2.33. The highest BCUT2D eigenvalue weighted by atomic mass is 16.6. The first kappa shape index (κ1) is 11.3. The Labute approximate surface area is 99.3 Å². The normalized spacial score (nSPS) is 10.2. The molecule has 2 rings (SSSR count). The van der Waals surface area contributed by atoms with Crippen LogP contribution < -0.4 is 4.57 Å². The molecule has 1 aromatic heterocycles. The number of aryl methyl sites for hydroxylation is 1. The summed E-state index contributed by atoms with van der Waals surface area (Å²) in [6.07, 6.45) is 4.02. The van der Waals surface area contributed by atoms with Gasteiger partial charge in [0.2, 0.25) is 0 Å². The molecule has 0 aliphatic rings. The van der Waals surface area contributed by atoms with Gasteiger partial charge in [-0.15, -0.1) is 0 Å². The molecular formula is C13H13N2O2+. The number of nitrogens with zero attached hydrogens (tertiary/aromatic N) is 2. The van der Waals surface area contributed by atoms with Crippen LogP contribution in [0.2, 0.25) is 0 Å². The van der Waals surface area contributed by atoms with Gasteiger partial charge in [0.1, 0.15) is 0 Å². The molecule has 0 aliphatic heterocycles. The zero-order valence-electron chi connectivity index (χ0n) is 9.54. The van der Waals surface area contributed by atoms with Crippen molar-refractivity contribution in [3.63, 3.8) is 0 Å². The summed E-state index contributed by atoms with van der Waals surface area (Å²) < 4.78 is 2.05. The fraction of sp³-hybridized carbons (Fsp3) is 0.154. The molecule has 0 fully saturated rings. The third-order valence-electron chi connectivity index (χ3n) is 2.52. The highest BCUT2D eigenvalue weighted by molar-refractivity contribution is 5.32. The molecule has 0 N–H and O–H groups in total. The molecule has 0 unspecified atom stereocenters. The molecule has 86 valence electrons. The molecule has 1 heterocycles. The fourth-order valence-corrected chi connectivity index (χ4v) is 1.69. The largest absolute Gasteiger partial charge is 0.269 e. The molecule has 1 aromatic carbocycles. The fourth-order valence-electron chi connectivity index (χ4n) is 1.69. The molecule has 0 saturated heterocycles.